The van der Waals surface area contributed by atoms with E-state index in [1.165, 1.54) is 0 Å². The molecule has 0 saturated heterocycles. The van der Waals surface area contributed by atoms with E-state index in [4.69, 9.17) is 10.9 Å². The normalized spacial score (nSPS) is 9.69. The minimum atomic E-state index is -0.448. The second kappa shape index (κ2) is 4.86. The maximum Gasteiger partial charge on any atom is 0.351 e. The summed E-state index contributed by atoms with van der Waals surface area (Å²) in [5.74, 6) is -0.448. The summed E-state index contributed by atoms with van der Waals surface area (Å²) in [5, 5.41) is 4.98. The summed E-state index contributed by atoms with van der Waals surface area (Å²) in [7, 11) is 0. The number of benzene rings is 1. The van der Waals surface area contributed by atoms with Crippen molar-refractivity contribution >= 4 is 18.2 Å². The van der Waals surface area contributed by atoms with Crippen LogP contribution in [0.3, 0.4) is 0 Å². The van der Waals surface area contributed by atoms with Crippen molar-refractivity contribution < 1.29 is 8.98 Å². The van der Waals surface area contributed by atoms with Gasteiger partial charge < -0.3 is 9.92 Å². The summed E-state index contributed by atoms with van der Waals surface area (Å²) in [4.78, 5) is 11.1. The van der Waals surface area contributed by atoms with Gasteiger partial charge in [-0.1, -0.05) is 12.1 Å². The molecule has 0 fully saturated rings. The molecule has 0 heterocycles. The van der Waals surface area contributed by atoms with Gasteiger partial charge in [0.15, 0.2) is 0 Å². The van der Waals surface area contributed by atoms with Crippen LogP contribution in [0.25, 0.3) is 0 Å². The Kier molecular flexibility index (Phi) is 3.75. The molecule has 5 heteroatoms. The number of carbonyl (C=O) groups excluding carboxylic acids is 1. The number of nitrogens with two attached hydrogens (primary N) is 2. The predicted molar refractivity (Wildman–Crippen MR) is 51.5 cm³/mol. The van der Waals surface area contributed by atoms with E-state index in [2.05, 4.69) is 4.18 Å². The fourth-order valence-corrected chi connectivity index (χ4v) is 1.05. The molecule has 4 nitrogen and oxygen atoms in total. The van der Waals surface area contributed by atoms with Gasteiger partial charge in [-0.2, -0.15) is 0 Å². The first-order valence-electron chi connectivity index (χ1n) is 3.64. The largest absolute Gasteiger partial charge is 0.371 e. The molecule has 0 atom stereocenters. The van der Waals surface area contributed by atoms with Gasteiger partial charge in [0, 0.05) is 6.54 Å². The van der Waals surface area contributed by atoms with Gasteiger partial charge in [-0.15, -0.1) is 0 Å². The van der Waals surface area contributed by atoms with Crippen molar-refractivity contribution in [2.45, 2.75) is 6.54 Å². The molecule has 0 aliphatic rings. The van der Waals surface area contributed by atoms with Gasteiger partial charge in [-0.25, -0.2) is 9.93 Å². The van der Waals surface area contributed by atoms with Crippen molar-refractivity contribution in [3.8, 4) is 0 Å². The van der Waals surface area contributed by atoms with Gasteiger partial charge in [0.05, 0.1) is 5.56 Å². The molecular formula is C8H10N2O2S. The van der Waals surface area contributed by atoms with Crippen molar-refractivity contribution in [1.29, 1.82) is 0 Å². The topological polar surface area (TPSA) is 78.3 Å². The van der Waals surface area contributed by atoms with Gasteiger partial charge in [-0.3, -0.25) is 0 Å². The summed E-state index contributed by atoms with van der Waals surface area (Å²) in [5.41, 5.74) is 6.83. The van der Waals surface area contributed by atoms with Gasteiger partial charge in [0.2, 0.25) is 0 Å². The van der Waals surface area contributed by atoms with Gasteiger partial charge >= 0.3 is 5.97 Å². The van der Waals surface area contributed by atoms with Crippen molar-refractivity contribution in [3.05, 3.63) is 35.4 Å². The van der Waals surface area contributed by atoms with Crippen LogP contribution >= 0.6 is 12.2 Å². The van der Waals surface area contributed by atoms with E-state index in [-0.39, 0.29) is 0 Å². The first kappa shape index (κ1) is 10.0. The Morgan fingerprint density at radius 1 is 1.38 bits per heavy atom. The Hall–Kier alpha value is -1.04. The second-order valence-electron chi connectivity index (χ2n) is 2.37. The highest BCUT2D eigenvalue weighted by atomic mass is 32.2. The third-order valence-electron chi connectivity index (χ3n) is 1.55. The first-order chi connectivity index (χ1) is 6.27. The smallest absolute Gasteiger partial charge is 0.351 e. The van der Waals surface area contributed by atoms with Crippen LogP contribution in [0.1, 0.15) is 15.9 Å². The van der Waals surface area contributed by atoms with Crippen LogP contribution in [0.15, 0.2) is 24.3 Å². The molecule has 0 bridgehead atoms. The van der Waals surface area contributed by atoms with Crippen LogP contribution < -0.4 is 10.9 Å². The van der Waals surface area contributed by atoms with Crippen molar-refractivity contribution in [2.75, 3.05) is 0 Å². The Morgan fingerprint density at radius 3 is 2.46 bits per heavy atom. The summed E-state index contributed by atoms with van der Waals surface area (Å²) < 4.78 is 4.53. The van der Waals surface area contributed by atoms with E-state index in [0.29, 0.717) is 24.3 Å². The van der Waals surface area contributed by atoms with Crippen LogP contribution in [0.5, 0.6) is 0 Å². The molecule has 0 aliphatic heterocycles. The molecule has 1 rings (SSSR count). The van der Waals surface area contributed by atoms with Crippen LogP contribution in [-0.2, 0) is 10.7 Å². The monoisotopic (exact) mass is 198 g/mol. The molecule has 1 aromatic rings. The third kappa shape index (κ3) is 2.73. The molecular weight excluding hydrogens is 188 g/mol. The molecule has 70 valence electrons. The zero-order valence-electron chi connectivity index (χ0n) is 6.90. The maximum atomic E-state index is 11.1. The zero-order valence-corrected chi connectivity index (χ0v) is 7.71. The van der Waals surface area contributed by atoms with Crippen molar-refractivity contribution in [2.24, 2.45) is 10.9 Å². The lowest BCUT2D eigenvalue weighted by Crippen LogP contribution is -2.02. The van der Waals surface area contributed by atoms with Gasteiger partial charge in [0.1, 0.15) is 12.2 Å². The number of carbonyl (C=O) groups is 1. The van der Waals surface area contributed by atoms with E-state index in [1.54, 1.807) is 24.3 Å². The van der Waals surface area contributed by atoms with Crippen LogP contribution in [0.2, 0.25) is 0 Å². The van der Waals surface area contributed by atoms with E-state index >= 15 is 0 Å². The Labute approximate surface area is 80.6 Å². The van der Waals surface area contributed by atoms with Crippen LogP contribution in [-0.4, -0.2) is 5.97 Å². The summed E-state index contributed by atoms with van der Waals surface area (Å²) in [6.07, 6.45) is 0. The average molecular weight is 198 g/mol. The predicted octanol–water partition coefficient (Wildman–Crippen LogP) is 0.824. The molecule has 0 unspecified atom stereocenters. The standard InChI is InChI=1S/C8H10N2O2S/c9-5-6-1-3-7(4-2-6)8(11)12-13-10/h1-4H,5,9-10H2. The molecule has 1 aromatic carbocycles. The second-order valence-corrected chi connectivity index (χ2v) is 2.73. The van der Waals surface area contributed by atoms with Crippen molar-refractivity contribution in [1.82, 2.24) is 0 Å². The highest BCUT2D eigenvalue weighted by molar-refractivity contribution is 7.92. The lowest BCUT2D eigenvalue weighted by atomic mass is 10.1. The molecule has 0 radical (unpaired) electrons. The first-order valence-corrected chi connectivity index (χ1v) is 4.45. The van der Waals surface area contributed by atoms with E-state index < -0.39 is 5.97 Å². The molecule has 4 N–H and O–H groups in total. The van der Waals surface area contributed by atoms with E-state index in [0.717, 1.165) is 5.56 Å². The zero-order chi connectivity index (χ0) is 9.68. The fraction of sp³-hybridized carbons (Fsp3) is 0.125. The lowest BCUT2D eigenvalue weighted by Gasteiger charge is -2.00. The highest BCUT2D eigenvalue weighted by Gasteiger charge is 2.05. The number of hydrogen-bond acceptors (Lipinski definition) is 5. The average Bonchev–Trinajstić information content (AvgIpc) is 2.18. The lowest BCUT2D eigenvalue weighted by molar-refractivity contribution is 0.0768. The summed E-state index contributed by atoms with van der Waals surface area (Å²) >= 11 is 0.540. The van der Waals surface area contributed by atoms with Gasteiger partial charge in [0.25, 0.3) is 0 Å². The summed E-state index contributed by atoms with van der Waals surface area (Å²) in [6, 6.07) is 6.86. The van der Waals surface area contributed by atoms with Crippen LogP contribution in [0.4, 0.5) is 0 Å². The van der Waals surface area contributed by atoms with E-state index in [1.807, 2.05) is 0 Å². The number of hydrogen-bond donors (Lipinski definition) is 2. The molecule has 0 aliphatic carbocycles. The Bertz CT molecular complexity index is 287. The molecule has 0 aromatic heterocycles. The fourth-order valence-electron chi connectivity index (χ4n) is 0.869. The Balaban J connectivity index is 2.74. The minimum Gasteiger partial charge on any atom is -0.371 e. The van der Waals surface area contributed by atoms with Gasteiger partial charge in [-0.05, 0) is 17.7 Å². The van der Waals surface area contributed by atoms with Crippen molar-refractivity contribution in [3.63, 3.8) is 0 Å². The molecule has 0 spiro atoms. The molecule has 0 saturated carbocycles. The third-order valence-corrected chi connectivity index (χ3v) is 1.80. The highest BCUT2D eigenvalue weighted by Crippen LogP contribution is 2.07. The Morgan fingerprint density at radius 2 is 2.00 bits per heavy atom. The van der Waals surface area contributed by atoms with Crippen LogP contribution in [0, 0.1) is 0 Å². The number of rotatable bonds is 3. The maximum absolute atomic E-state index is 11.1. The quantitative estimate of drug-likeness (QED) is 0.555. The molecule has 13 heavy (non-hydrogen) atoms. The molecule has 0 amide bonds. The SMILES string of the molecule is NCc1ccc(C(=O)OSN)cc1. The minimum absolute atomic E-state index is 0.448. The summed E-state index contributed by atoms with van der Waals surface area (Å²) in [6.45, 7) is 0.459. The van der Waals surface area contributed by atoms with E-state index in [9.17, 15) is 4.79 Å².